The highest BCUT2D eigenvalue weighted by molar-refractivity contribution is 4.71. The van der Waals surface area contributed by atoms with E-state index in [0.29, 0.717) is 0 Å². The van der Waals surface area contributed by atoms with Crippen LogP contribution in [-0.4, -0.2) is 61.7 Å². The van der Waals surface area contributed by atoms with E-state index in [1.54, 1.807) is 0 Å². The quantitative estimate of drug-likeness (QED) is 0.733. The van der Waals surface area contributed by atoms with Crippen molar-refractivity contribution in [3.05, 3.63) is 0 Å². The van der Waals surface area contributed by atoms with E-state index < -0.39 is 0 Å². The van der Waals surface area contributed by atoms with Gasteiger partial charge in [-0.25, -0.2) is 0 Å². The number of nitrogens with zero attached hydrogens (tertiary/aromatic N) is 2. The molecule has 1 rings (SSSR count). The molecule has 0 aromatic carbocycles. The van der Waals surface area contributed by atoms with E-state index in [-0.39, 0.29) is 5.54 Å². The van der Waals surface area contributed by atoms with Crippen LogP contribution in [-0.2, 0) is 0 Å². The molecule has 102 valence electrons. The van der Waals surface area contributed by atoms with Gasteiger partial charge in [-0.2, -0.15) is 0 Å². The third kappa shape index (κ3) is 7.74. The van der Waals surface area contributed by atoms with Crippen LogP contribution in [0.2, 0.25) is 0 Å². The van der Waals surface area contributed by atoms with E-state index in [0.717, 1.165) is 13.1 Å². The van der Waals surface area contributed by atoms with Crippen LogP contribution in [0, 0.1) is 0 Å². The standard InChI is InChI=1S/C14H31N3/c1-14(2,3)15-8-13-16(4)9-7-12-17-10-5-6-11-17/h15H,5-13H2,1-4H3. The Morgan fingerprint density at radius 1 is 1.12 bits per heavy atom. The summed E-state index contributed by atoms with van der Waals surface area (Å²) in [4.78, 5) is 5.04. The molecule has 0 amide bonds. The molecule has 17 heavy (non-hydrogen) atoms. The second-order valence-electron chi connectivity index (χ2n) is 6.38. The molecule has 3 nitrogen and oxygen atoms in total. The number of hydrogen-bond acceptors (Lipinski definition) is 3. The van der Waals surface area contributed by atoms with Crippen molar-refractivity contribution >= 4 is 0 Å². The fraction of sp³-hybridized carbons (Fsp3) is 1.00. The maximum absolute atomic E-state index is 3.53. The Kier molecular flexibility index (Phi) is 6.45. The molecule has 1 N–H and O–H groups in total. The zero-order valence-electron chi connectivity index (χ0n) is 12.3. The van der Waals surface area contributed by atoms with Crippen LogP contribution in [0.4, 0.5) is 0 Å². The van der Waals surface area contributed by atoms with Crippen molar-refractivity contribution in [2.75, 3.05) is 46.3 Å². The Labute approximate surface area is 108 Å². The Balaban J connectivity index is 1.95. The molecule has 0 saturated carbocycles. The molecule has 1 aliphatic rings. The number of likely N-dealkylation sites (N-methyl/N-ethyl adjacent to an activating group) is 1. The second-order valence-corrected chi connectivity index (χ2v) is 6.38. The maximum Gasteiger partial charge on any atom is 0.0104 e. The van der Waals surface area contributed by atoms with Gasteiger partial charge in [-0.1, -0.05) is 0 Å². The van der Waals surface area contributed by atoms with Crippen LogP contribution in [0.3, 0.4) is 0 Å². The van der Waals surface area contributed by atoms with Crippen molar-refractivity contribution in [1.29, 1.82) is 0 Å². The smallest absolute Gasteiger partial charge is 0.0104 e. The van der Waals surface area contributed by atoms with Gasteiger partial charge in [-0.3, -0.25) is 0 Å². The lowest BCUT2D eigenvalue weighted by molar-refractivity contribution is 0.271. The molecule has 0 unspecified atom stereocenters. The molecule has 3 heteroatoms. The molecule has 0 radical (unpaired) electrons. The van der Waals surface area contributed by atoms with Gasteiger partial charge in [0.15, 0.2) is 0 Å². The summed E-state index contributed by atoms with van der Waals surface area (Å²) in [5.74, 6) is 0. The first-order valence-electron chi connectivity index (χ1n) is 7.13. The molecule has 0 aromatic rings. The molecule has 1 aliphatic heterocycles. The van der Waals surface area contributed by atoms with E-state index in [4.69, 9.17) is 0 Å². The summed E-state index contributed by atoms with van der Waals surface area (Å²) in [5.41, 5.74) is 0.246. The van der Waals surface area contributed by atoms with Gasteiger partial charge in [0.1, 0.15) is 0 Å². The Hall–Kier alpha value is -0.120. The van der Waals surface area contributed by atoms with Crippen LogP contribution < -0.4 is 5.32 Å². The summed E-state index contributed by atoms with van der Waals surface area (Å²) in [6.07, 6.45) is 4.13. The lowest BCUT2D eigenvalue weighted by Gasteiger charge is -2.24. The zero-order valence-corrected chi connectivity index (χ0v) is 12.3. The predicted octanol–water partition coefficient (Wildman–Crippen LogP) is 1.79. The average molecular weight is 241 g/mol. The van der Waals surface area contributed by atoms with Gasteiger partial charge in [-0.15, -0.1) is 0 Å². The lowest BCUT2D eigenvalue weighted by Crippen LogP contribution is -2.41. The number of rotatable bonds is 7. The van der Waals surface area contributed by atoms with Crippen molar-refractivity contribution in [3.8, 4) is 0 Å². The van der Waals surface area contributed by atoms with Crippen molar-refractivity contribution in [3.63, 3.8) is 0 Å². The summed E-state index contributed by atoms with van der Waals surface area (Å²) in [6.45, 7) is 14.1. The van der Waals surface area contributed by atoms with Crippen LogP contribution in [0.15, 0.2) is 0 Å². The second kappa shape index (κ2) is 7.34. The molecular weight excluding hydrogens is 210 g/mol. The highest BCUT2D eigenvalue weighted by Gasteiger charge is 2.11. The molecule has 1 heterocycles. The fourth-order valence-corrected chi connectivity index (χ4v) is 2.30. The maximum atomic E-state index is 3.53. The first kappa shape index (κ1) is 14.9. The summed E-state index contributed by atoms with van der Waals surface area (Å²) in [5, 5.41) is 3.53. The van der Waals surface area contributed by atoms with E-state index in [9.17, 15) is 0 Å². The van der Waals surface area contributed by atoms with Crippen LogP contribution in [0.25, 0.3) is 0 Å². The zero-order chi connectivity index (χ0) is 12.7. The Morgan fingerprint density at radius 3 is 2.35 bits per heavy atom. The third-order valence-electron chi connectivity index (χ3n) is 3.36. The van der Waals surface area contributed by atoms with Crippen molar-refractivity contribution < 1.29 is 0 Å². The van der Waals surface area contributed by atoms with E-state index in [1.807, 2.05) is 0 Å². The highest BCUT2D eigenvalue weighted by Crippen LogP contribution is 2.07. The minimum absolute atomic E-state index is 0.246. The van der Waals surface area contributed by atoms with Crippen LogP contribution >= 0.6 is 0 Å². The summed E-state index contributed by atoms with van der Waals surface area (Å²) in [7, 11) is 2.23. The van der Waals surface area contributed by atoms with Gasteiger partial charge in [0.25, 0.3) is 0 Å². The molecule has 0 aromatic heterocycles. The summed E-state index contributed by atoms with van der Waals surface area (Å²) in [6, 6.07) is 0. The number of hydrogen-bond donors (Lipinski definition) is 1. The molecule has 1 saturated heterocycles. The van der Waals surface area contributed by atoms with E-state index in [2.05, 4.69) is 42.9 Å². The molecular formula is C14H31N3. The highest BCUT2D eigenvalue weighted by atomic mass is 15.2. The lowest BCUT2D eigenvalue weighted by atomic mass is 10.1. The van der Waals surface area contributed by atoms with Gasteiger partial charge in [-0.05, 0) is 73.3 Å². The van der Waals surface area contributed by atoms with Gasteiger partial charge in [0.05, 0.1) is 0 Å². The van der Waals surface area contributed by atoms with Gasteiger partial charge in [0, 0.05) is 18.6 Å². The number of likely N-dealkylation sites (tertiary alicyclic amines) is 1. The third-order valence-corrected chi connectivity index (χ3v) is 3.36. The monoisotopic (exact) mass is 241 g/mol. The van der Waals surface area contributed by atoms with Crippen molar-refractivity contribution in [1.82, 2.24) is 15.1 Å². The first-order chi connectivity index (χ1) is 7.97. The van der Waals surface area contributed by atoms with Gasteiger partial charge in [0.2, 0.25) is 0 Å². The summed E-state index contributed by atoms with van der Waals surface area (Å²) < 4.78 is 0. The largest absolute Gasteiger partial charge is 0.311 e. The molecule has 1 fully saturated rings. The average Bonchev–Trinajstić information content (AvgIpc) is 2.68. The molecule has 0 atom stereocenters. The van der Waals surface area contributed by atoms with Gasteiger partial charge < -0.3 is 15.1 Å². The number of nitrogens with one attached hydrogen (secondary N) is 1. The van der Waals surface area contributed by atoms with Crippen molar-refractivity contribution in [2.24, 2.45) is 0 Å². The summed E-state index contributed by atoms with van der Waals surface area (Å²) >= 11 is 0. The Bertz CT molecular complexity index is 192. The minimum Gasteiger partial charge on any atom is -0.311 e. The van der Waals surface area contributed by atoms with E-state index in [1.165, 1.54) is 45.4 Å². The predicted molar refractivity (Wildman–Crippen MR) is 75.5 cm³/mol. The molecule has 0 aliphatic carbocycles. The van der Waals surface area contributed by atoms with Crippen molar-refractivity contribution in [2.45, 2.75) is 45.6 Å². The Morgan fingerprint density at radius 2 is 1.76 bits per heavy atom. The molecule has 0 spiro atoms. The first-order valence-corrected chi connectivity index (χ1v) is 7.13. The van der Waals surface area contributed by atoms with Crippen LogP contribution in [0.1, 0.15) is 40.0 Å². The molecule has 0 bridgehead atoms. The SMILES string of the molecule is CN(CCCN1CCCC1)CCNC(C)(C)C. The van der Waals surface area contributed by atoms with Gasteiger partial charge >= 0.3 is 0 Å². The van der Waals surface area contributed by atoms with E-state index >= 15 is 0 Å². The van der Waals surface area contributed by atoms with Crippen LogP contribution in [0.5, 0.6) is 0 Å². The topological polar surface area (TPSA) is 18.5 Å². The minimum atomic E-state index is 0.246. The normalized spacial score (nSPS) is 18.2. The fourth-order valence-electron chi connectivity index (χ4n) is 2.30.